The predicted molar refractivity (Wildman–Crippen MR) is 102 cm³/mol. The quantitative estimate of drug-likeness (QED) is 0.510. The van der Waals surface area contributed by atoms with Gasteiger partial charge in [-0.2, -0.15) is 0 Å². The minimum atomic E-state index is -0.270. The second-order valence-corrected chi connectivity index (χ2v) is 5.32. The average Bonchev–Trinajstić information content (AvgIpc) is 2.60. The van der Waals surface area contributed by atoms with E-state index in [9.17, 15) is 4.79 Å². The third-order valence-corrected chi connectivity index (χ3v) is 3.43. The predicted octanol–water partition coefficient (Wildman–Crippen LogP) is 4.28. The summed E-state index contributed by atoms with van der Waals surface area (Å²) in [6.45, 7) is 13.8. The Morgan fingerprint density at radius 3 is 2.48 bits per heavy atom. The van der Waals surface area contributed by atoms with Crippen LogP contribution in [0.4, 0.5) is 0 Å². The third-order valence-electron chi connectivity index (χ3n) is 3.43. The molecule has 1 aromatic carbocycles. The molecule has 0 bridgehead atoms. The maximum atomic E-state index is 12.0. The fourth-order valence-electron chi connectivity index (χ4n) is 2.01. The van der Waals surface area contributed by atoms with Crippen molar-refractivity contribution in [1.29, 1.82) is 0 Å². The van der Waals surface area contributed by atoms with E-state index in [1.807, 2.05) is 20.8 Å². The van der Waals surface area contributed by atoms with Gasteiger partial charge in [-0.05, 0) is 44.7 Å². The summed E-state index contributed by atoms with van der Waals surface area (Å²) < 4.78 is 11.3. The first-order valence-electron chi connectivity index (χ1n) is 8.10. The molecule has 0 aliphatic carbocycles. The molecule has 0 heterocycles. The van der Waals surface area contributed by atoms with Crippen molar-refractivity contribution in [2.24, 2.45) is 4.99 Å². The molecule has 1 rings (SSSR count). The first-order chi connectivity index (χ1) is 12.0. The fourth-order valence-corrected chi connectivity index (χ4v) is 2.01. The van der Waals surface area contributed by atoms with Crippen molar-refractivity contribution in [2.45, 2.75) is 27.2 Å². The number of hydrogen-bond donors (Lipinski definition) is 1. The highest BCUT2D eigenvalue weighted by Crippen LogP contribution is 2.24. The number of carbonyl (C=O) groups is 1. The van der Waals surface area contributed by atoms with Crippen molar-refractivity contribution in [1.82, 2.24) is 5.32 Å². The highest BCUT2D eigenvalue weighted by Gasteiger charge is 2.09. The molecule has 134 valence electrons. The summed E-state index contributed by atoms with van der Waals surface area (Å²) in [7, 11) is 0. The molecule has 5 heteroatoms. The van der Waals surface area contributed by atoms with Gasteiger partial charge in [-0.3, -0.25) is 9.79 Å². The second-order valence-electron chi connectivity index (χ2n) is 5.32. The zero-order valence-electron chi connectivity index (χ0n) is 15.2. The van der Waals surface area contributed by atoms with Gasteiger partial charge < -0.3 is 14.8 Å². The van der Waals surface area contributed by atoms with E-state index >= 15 is 0 Å². The lowest BCUT2D eigenvalue weighted by Crippen LogP contribution is -2.16. The van der Waals surface area contributed by atoms with Crippen LogP contribution in [-0.4, -0.2) is 25.3 Å². The summed E-state index contributed by atoms with van der Waals surface area (Å²) in [5.41, 5.74) is 2.58. The van der Waals surface area contributed by atoms with Gasteiger partial charge in [0.2, 0.25) is 0 Å². The van der Waals surface area contributed by atoms with E-state index in [0.717, 1.165) is 17.7 Å². The Morgan fingerprint density at radius 1 is 1.20 bits per heavy atom. The van der Waals surface area contributed by atoms with Gasteiger partial charge in [0.1, 0.15) is 18.1 Å². The van der Waals surface area contributed by atoms with E-state index < -0.39 is 0 Å². The topological polar surface area (TPSA) is 59.9 Å². The van der Waals surface area contributed by atoms with E-state index in [2.05, 4.69) is 23.5 Å². The Morgan fingerprint density at radius 2 is 1.88 bits per heavy atom. The first-order valence-corrected chi connectivity index (χ1v) is 8.10. The number of allylic oxidation sites excluding steroid dienone is 1. The minimum Gasteiger partial charge on any atom is -0.493 e. The molecule has 1 N–H and O–H groups in total. The number of carbonyl (C=O) groups excluding carboxylic acids is 1. The standard InChI is InChI=1S/C20H26N2O3/c1-6-10-24-18-12-17(20(23)22-8-3)13-19(14-18)25-11-9-15(4)16(5)21-7-2/h6-8,12-14H,1,3,9-11H2,2,4-5H3,(H,22,23)/b16-15+,21-7-. The molecule has 1 aromatic rings. The average molecular weight is 342 g/mol. The largest absolute Gasteiger partial charge is 0.493 e. The lowest BCUT2D eigenvalue weighted by Gasteiger charge is -2.12. The fraction of sp³-hybridized carbons (Fsp3) is 0.300. The van der Waals surface area contributed by atoms with Gasteiger partial charge in [0.15, 0.2) is 0 Å². The lowest BCUT2D eigenvalue weighted by molar-refractivity contribution is 0.0969. The zero-order chi connectivity index (χ0) is 18.7. The van der Waals surface area contributed by atoms with Gasteiger partial charge in [0.25, 0.3) is 5.91 Å². The van der Waals surface area contributed by atoms with Gasteiger partial charge in [-0.15, -0.1) is 0 Å². The molecular formula is C20H26N2O3. The van der Waals surface area contributed by atoms with E-state index in [4.69, 9.17) is 9.47 Å². The number of benzene rings is 1. The number of rotatable bonds is 10. The summed E-state index contributed by atoms with van der Waals surface area (Å²) in [5.74, 6) is 0.846. The molecule has 0 fully saturated rings. The van der Waals surface area contributed by atoms with Gasteiger partial charge in [-0.1, -0.05) is 19.2 Å². The maximum Gasteiger partial charge on any atom is 0.255 e. The van der Waals surface area contributed by atoms with Crippen molar-refractivity contribution in [2.75, 3.05) is 13.2 Å². The third kappa shape index (κ3) is 7.08. The van der Waals surface area contributed by atoms with Crippen LogP contribution in [0.25, 0.3) is 0 Å². The highest BCUT2D eigenvalue weighted by atomic mass is 16.5. The van der Waals surface area contributed by atoms with E-state index in [-0.39, 0.29) is 5.91 Å². The normalized spacial score (nSPS) is 11.6. The zero-order valence-corrected chi connectivity index (χ0v) is 15.2. The molecule has 0 aliphatic rings. The molecule has 1 amide bonds. The SMILES string of the molecule is C=CCOc1cc(OCC/C(C)=C(C)/N=C\C)cc(C(=O)NC=C)c1. The Kier molecular flexibility index (Phi) is 8.79. The number of hydrogen-bond acceptors (Lipinski definition) is 4. The number of amides is 1. The van der Waals surface area contributed by atoms with Gasteiger partial charge >= 0.3 is 0 Å². The van der Waals surface area contributed by atoms with Crippen molar-refractivity contribution >= 4 is 12.1 Å². The van der Waals surface area contributed by atoms with Gasteiger partial charge in [0.05, 0.1) is 6.61 Å². The molecule has 0 aromatic heterocycles. The van der Waals surface area contributed by atoms with Crippen LogP contribution in [0.3, 0.4) is 0 Å². The molecule has 5 nitrogen and oxygen atoms in total. The van der Waals surface area contributed by atoms with Crippen LogP contribution >= 0.6 is 0 Å². The van der Waals surface area contributed by atoms with Crippen LogP contribution in [0.5, 0.6) is 11.5 Å². The van der Waals surface area contributed by atoms with Crippen molar-refractivity contribution in [3.63, 3.8) is 0 Å². The first kappa shape index (κ1) is 20.2. The lowest BCUT2D eigenvalue weighted by atomic mass is 10.1. The van der Waals surface area contributed by atoms with Crippen LogP contribution in [0.2, 0.25) is 0 Å². The summed E-state index contributed by atoms with van der Waals surface area (Å²) in [5, 5.41) is 2.55. The highest BCUT2D eigenvalue weighted by molar-refractivity contribution is 5.95. The molecule has 0 saturated carbocycles. The molecule has 25 heavy (non-hydrogen) atoms. The molecule has 0 spiro atoms. The molecule has 0 unspecified atom stereocenters. The molecule has 0 radical (unpaired) electrons. The van der Waals surface area contributed by atoms with Crippen LogP contribution < -0.4 is 14.8 Å². The molecule has 0 atom stereocenters. The van der Waals surface area contributed by atoms with Crippen LogP contribution in [-0.2, 0) is 0 Å². The Hall–Kier alpha value is -2.82. The number of nitrogens with one attached hydrogen (secondary N) is 1. The summed E-state index contributed by atoms with van der Waals surface area (Å²) in [6, 6.07) is 5.08. The number of aliphatic imine (C=N–C) groups is 1. The van der Waals surface area contributed by atoms with E-state index in [0.29, 0.717) is 30.3 Å². The van der Waals surface area contributed by atoms with Crippen molar-refractivity contribution in [3.8, 4) is 11.5 Å². The minimum absolute atomic E-state index is 0.270. The number of nitrogens with zero attached hydrogens (tertiary/aromatic N) is 1. The Labute approximate surface area is 149 Å². The molecular weight excluding hydrogens is 316 g/mol. The molecule has 0 saturated heterocycles. The van der Waals surface area contributed by atoms with Crippen molar-refractivity contribution in [3.05, 3.63) is 60.5 Å². The summed E-state index contributed by atoms with van der Waals surface area (Å²) in [6.07, 6.45) is 5.49. The maximum absolute atomic E-state index is 12.0. The Bertz CT molecular complexity index is 676. The number of ether oxygens (including phenoxy) is 2. The van der Waals surface area contributed by atoms with Gasteiger partial charge in [0, 0.05) is 30.0 Å². The van der Waals surface area contributed by atoms with Gasteiger partial charge in [-0.25, -0.2) is 0 Å². The smallest absolute Gasteiger partial charge is 0.255 e. The van der Waals surface area contributed by atoms with Crippen LogP contribution in [0.15, 0.2) is 59.9 Å². The summed E-state index contributed by atoms with van der Waals surface area (Å²) >= 11 is 0. The van der Waals surface area contributed by atoms with Crippen molar-refractivity contribution < 1.29 is 14.3 Å². The summed E-state index contributed by atoms with van der Waals surface area (Å²) in [4.78, 5) is 16.3. The van der Waals surface area contributed by atoms with Crippen LogP contribution in [0, 0.1) is 0 Å². The van der Waals surface area contributed by atoms with E-state index in [1.54, 1.807) is 30.5 Å². The molecule has 0 aliphatic heterocycles. The van der Waals surface area contributed by atoms with Crippen LogP contribution in [0.1, 0.15) is 37.6 Å². The van der Waals surface area contributed by atoms with E-state index in [1.165, 1.54) is 6.20 Å². The Balaban J connectivity index is 2.87. The second kappa shape index (κ2) is 10.9. The monoisotopic (exact) mass is 342 g/mol.